The van der Waals surface area contributed by atoms with E-state index >= 15 is 0 Å². The number of hydrazine groups is 1. The first kappa shape index (κ1) is 18.8. The standard InChI is InChI=1S/C16H14ClN3O4S/c1-10(25-12-8-6-11(7-9-12)20(23)24)15(21)18-19-16(22)13-4-2-3-5-14(13)17/h2-10H,1H3,(H,18,21)(H,19,22). The zero-order valence-electron chi connectivity index (χ0n) is 13.1. The molecule has 2 aromatic rings. The first-order valence-electron chi connectivity index (χ1n) is 7.14. The van der Waals surface area contributed by atoms with Crippen LogP contribution in [0.5, 0.6) is 0 Å². The van der Waals surface area contributed by atoms with Crippen LogP contribution < -0.4 is 10.9 Å². The zero-order chi connectivity index (χ0) is 18.4. The fourth-order valence-electron chi connectivity index (χ4n) is 1.84. The van der Waals surface area contributed by atoms with E-state index in [9.17, 15) is 19.7 Å². The van der Waals surface area contributed by atoms with Crippen molar-refractivity contribution in [3.05, 3.63) is 69.2 Å². The molecule has 2 aromatic carbocycles. The van der Waals surface area contributed by atoms with E-state index in [4.69, 9.17) is 11.6 Å². The largest absolute Gasteiger partial charge is 0.272 e. The molecular weight excluding hydrogens is 366 g/mol. The van der Waals surface area contributed by atoms with Crippen LogP contribution in [0.25, 0.3) is 0 Å². The van der Waals surface area contributed by atoms with Gasteiger partial charge in [-0.3, -0.25) is 30.6 Å². The van der Waals surface area contributed by atoms with E-state index in [0.29, 0.717) is 4.90 Å². The lowest BCUT2D eigenvalue weighted by atomic mass is 10.2. The van der Waals surface area contributed by atoms with E-state index in [1.165, 1.54) is 23.9 Å². The SMILES string of the molecule is CC(Sc1ccc([N+](=O)[O-])cc1)C(=O)NNC(=O)c1ccccc1Cl. The highest BCUT2D eigenvalue weighted by Crippen LogP contribution is 2.25. The summed E-state index contributed by atoms with van der Waals surface area (Å²) in [6.07, 6.45) is 0. The quantitative estimate of drug-likeness (QED) is 0.472. The number of hydrogen-bond acceptors (Lipinski definition) is 5. The van der Waals surface area contributed by atoms with Crippen molar-refractivity contribution >= 4 is 40.9 Å². The number of rotatable bonds is 5. The third kappa shape index (κ3) is 5.20. The number of carbonyl (C=O) groups excluding carboxylic acids is 2. The average Bonchev–Trinajstić information content (AvgIpc) is 2.60. The summed E-state index contributed by atoms with van der Waals surface area (Å²) in [5, 5.41) is 10.4. The summed E-state index contributed by atoms with van der Waals surface area (Å²) < 4.78 is 0. The Morgan fingerprint density at radius 1 is 1.12 bits per heavy atom. The molecule has 0 aliphatic carbocycles. The van der Waals surface area contributed by atoms with Crippen molar-refractivity contribution in [1.82, 2.24) is 10.9 Å². The van der Waals surface area contributed by atoms with E-state index in [-0.39, 0.29) is 16.3 Å². The summed E-state index contributed by atoms with van der Waals surface area (Å²) in [5.41, 5.74) is 4.87. The molecule has 0 saturated heterocycles. The highest BCUT2D eigenvalue weighted by atomic mass is 35.5. The van der Waals surface area contributed by atoms with Crippen LogP contribution in [0.1, 0.15) is 17.3 Å². The van der Waals surface area contributed by atoms with Gasteiger partial charge >= 0.3 is 0 Å². The number of nitrogens with zero attached hydrogens (tertiary/aromatic N) is 1. The molecular formula is C16H14ClN3O4S. The zero-order valence-corrected chi connectivity index (χ0v) is 14.6. The molecule has 0 heterocycles. The van der Waals surface area contributed by atoms with Gasteiger partial charge in [0.15, 0.2) is 0 Å². The third-order valence-electron chi connectivity index (χ3n) is 3.15. The number of nitro benzene ring substituents is 1. The molecule has 0 aliphatic rings. The third-order valence-corrected chi connectivity index (χ3v) is 4.59. The van der Waals surface area contributed by atoms with Crippen LogP contribution in [0.4, 0.5) is 5.69 Å². The van der Waals surface area contributed by atoms with E-state index < -0.39 is 22.0 Å². The minimum Gasteiger partial charge on any atom is -0.272 e. The van der Waals surface area contributed by atoms with E-state index in [2.05, 4.69) is 10.9 Å². The van der Waals surface area contributed by atoms with Crippen molar-refractivity contribution < 1.29 is 14.5 Å². The predicted molar refractivity (Wildman–Crippen MR) is 95.5 cm³/mol. The number of halogens is 1. The van der Waals surface area contributed by atoms with Crippen LogP contribution in [-0.2, 0) is 4.79 Å². The number of benzene rings is 2. The fraction of sp³-hybridized carbons (Fsp3) is 0.125. The van der Waals surface area contributed by atoms with Crippen molar-refractivity contribution in [3.8, 4) is 0 Å². The molecule has 1 unspecified atom stereocenters. The van der Waals surface area contributed by atoms with Gasteiger partial charge in [-0.2, -0.15) is 0 Å². The maximum atomic E-state index is 12.1. The number of carbonyl (C=O) groups is 2. The molecule has 130 valence electrons. The van der Waals surface area contributed by atoms with Gasteiger partial charge in [0.1, 0.15) is 0 Å². The minimum absolute atomic E-state index is 0.0199. The Bertz CT molecular complexity index is 798. The van der Waals surface area contributed by atoms with E-state index in [1.807, 2.05) is 0 Å². The van der Waals surface area contributed by atoms with Gasteiger partial charge in [0.05, 0.1) is 20.8 Å². The van der Waals surface area contributed by atoms with Crippen molar-refractivity contribution in [2.45, 2.75) is 17.1 Å². The molecule has 0 spiro atoms. The van der Waals surface area contributed by atoms with Crippen molar-refractivity contribution in [2.24, 2.45) is 0 Å². The number of nitrogens with one attached hydrogen (secondary N) is 2. The molecule has 0 aromatic heterocycles. The van der Waals surface area contributed by atoms with Gasteiger partial charge < -0.3 is 0 Å². The Kier molecular flexibility index (Phi) is 6.37. The Hall–Kier alpha value is -2.58. The Morgan fingerprint density at radius 3 is 2.36 bits per heavy atom. The van der Waals surface area contributed by atoms with E-state index in [1.54, 1.807) is 43.3 Å². The number of non-ortho nitro benzene ring substituents is 1. The van der Waals surface area contributed by atoms with Gasteiger partial charge in [0, 0.05) is 17.0 Å². The average molecular weight is 380 g/mol. The lowest BCUT2D eigenvalue weighted by molar-refractivity contribution is -0.384. The van der Waals surface area contributed by atoms with Crippen LogP contribution >= 0.6 is 23.4 Å². The highest BCUT2D eigenvalue weighted by molar-refractivity contribution is 8.00. The lowest BCUT2D eigenvalue weighted by Crippen LogP contribution is -2.45. The smallest absolute Gasteiger partial charge is 0.271 e. The lowest BCUT2D eigenvalue weighted by Gasteiger charge is -2.13. The number of amides is 2. The molecule has 0 fully saturated rings. The van der Waals surface area contributed by atoms with Crippen LogP contribution in [0.2, 0.25) is 5.02 Å². The van der Waals surface area contributed by atoms with Gasteiger partial charge in [-0.15, -0.1) is 11.8 Å². The van der Waals surface area contributed by atoms with Gasteiger partial charge in [0.2, 0.25) is 0 Å². The summed E-state index contributed by atoms with van der Waals surface area (Å²) in [5.74, 6) is -0.935. The summed E-state index contributed by atoms with van der Waals surface area (Å²) in [7, 11) is 0. The van der Waals surface area contributed by atoms with E-state index in [0.717, 1.165) is 0 Å². The number of thioether (sulfide) groups is 1. The molecule has 7 nitrogen and oxygen atoms in total. The molecule has 0 aliphatic heterocycles. The van der Waals surface area contributed by atoms with Gasteiger partial charge in [-0.05, 0) is 31.2 Å². The van der Waals surface area contributed by atoms with Gasteiger partial charge in [0.25, 0.3) is 17.5 Å². The fourth-order valence-corrected chi connectivity index (χ4v) is 2.93. The highest BCUT2D eigenvalue weighted by Gasteiger charge is 2.17. The maximum Gasteiger partial charge on any atom is 0.271 e. The van der Waals surface area contributed by atoms with Crippen molar-refractivity contribution in [3.63, 3.8) is 0 Å². The molecule has 0 bridgehead atoms. The summed E-state index contributed by atoms with van der Waals surface area (Å²) in [6, 6.07) is 12.3. The second kappa shape index (κ2) is 8.50. The Balaban J connectivity index is 1.89. The van der Waals surface area contributed by atoms with Crippen LogP contribution in [0.3, 0.4) is 0 Å². The Morgan fingerprint density at radius 2 is 1.76 bits per heavy atom. The van der Waals surface area contributed by atoms with Crippen LogP contribution in [0, 0.1) is 10.1 Å². The molecule has 0 saturated carbocycles. The molecule has 2 rings (SSSR count). The predicted octanol–water partition coefficient (Wildman–Crippen LogP) is 3.19. The Labute approximate surface area is 152 Å². The monoisotopic (exact) mass is 379 g/mol. The number of nitro groups is 1. The topological polar surface area (TPSA) is 101 Å². The molecule has 0 radical (unpaired) electrons. The molecule has 1 atom stereocenters. The molecule has 2 N–H and O–H groups in total. The first-order valence-corrected chi connectivity index (χ1v) is 8.40. The normalized spacial score (nSPS) is 11.4. The van der Waals surface area contributed by atoms with Gasteiger partial charge in [-0.25, -0.2) is 0 Å². The molecule has 2 amide bonds. The minimum atomic E-state index is -0.522. The van der Waals surface area contributed by atoms with Crippen molar-refractivity contribution in [2.75, 3.05) is 0 Å². The summed E-state index contributed by atoms with van der Waals surface area (Å²) >= 11 is 7.12. The molecule has 25 heavy (non-hydrogen) atoms. The van der Waals surface area contributed by atoms with Crippen molar-refractivity contribution in [1.29, 1.82) is 0 Å². The van der Waals surface area contributed by atoms with Crippen LogP contribution in [-0.4, -0.2) is 22.0 Å². The first-order chi connectivity index (χ1) is 11.9. The summed E-state index contributed by atoms with van der Waals surface area (Å²) in [6.45, 7) is 1.66. The van der Waals surface area contributed by atoms with Crippen LogP contribution in [0.15, 0.2) is 53.4 Å². The van der Waals surface area contributed by atoms with Gasteiger partial charge in [-0.1, -0.05) is 23.7 Å². The second-order valence-electron chi connectivity index (χ2n) is 4.93. The number of hydrogen-bond donors (Lipinski definition) is 2. The summed E-state index contributed by atoms with van der Waals surface area (Å²) in [4.78, 5) is 34.9. The second-order valence-corrected chi connectivity index (χ2v) is 6.76. The maximum absolute atomic E-state index is 12.1. The molecule has 9 heteroatoms.